The second-order valence-corrected chi connectivity index (χ2v) is 8.06. The Bertz CT molecular complexity index is 1010. The zero-order valence-corrected chi connectivity index (χ0v) is 16.2. The Balaban J connectivity index is 1.32. The maximum absolute atomic E-state index is 13.3. The predicted octanol–water partition coefficient (Wildman–Crippen LogP) is 2.94. The van der Waals surface area contributed by atoms with Gasteiger partial charge in [-0.15, -0.1) is 0 Å². The first kappa shape index (κ1) is 17.2. The van der Waals surface area contributed by atoms with Gasteiger partial charge in [0, 0.05) is 32.4 Å². The Morgan fingerprint density at radius 2 is 1.93 bits per heavy atom. The van der Waals surface area contributed by atoms with Crippen molar-refractivity contribution in [2.24, 2.45) is 5.41 Å². The number of carbonyl (C=O) groups excluding carboxylic acids is 1. The van der Waals surface area contributed by atoms with Gasteiger partial charge in [-0.05, 0) is 37.8 Å². The van der Waals surface area contributed by atoms with Gasteiger partial charge >= 0.3 is 0 Å². The molecule has 0 bridgehead atoms. The molecule has 1 aromatic carbocycles. The number of likely N-dealkylation sites (tertiary alicyclic amines) is 1. The second kappa shape index (κ2) is 6.62. The van der Waals surface area contributed by atoms with Gasteiger partial charge in [0.15, 0.2) is 5.82 Å². The third-order valence-corrected chi connectivity index (χ3v) is 6.27. The molecule has 1 amide bonds. The summed E-state index contributed by atoms with van der Waals surface area (Å²) >= 11 is 0. The maximum Gasteiger partial charge on any atom is 0.230 e. The van der Waals surface area contributed by atoms with Gasteiger partial charge in [-0.25, -0.2) is 9.97 Å². The Hall–Kier alpha value is -2.89. The van der Waals surface area contributed by atoms with E-state index in [4.69, 9.17) is 0 Å². The van der Waals surface area contributed by atoms with Crippen LogP contribution in [0.4, 0.5) is 5.82 Å². The van der Waals surface area contributed by atoms with Crippen LogP contribution in [0.2, 0.25) is 0 Å². The van der Waals surface area contributed by atoms with Crippen LogP contribution in [-0.4, -0.2) is 51.9 Å². The largest absolute Gasteiger partial charge is 0.357 e. The number of nitrogens with zero attached hydrogens (tertiary/aromatic N) is 4. The van der Waals surface area contributed by atoms with Gasteiger partial charge in [0.05, 0.1) is 10.9 Å². The van der Waals surface area contributed by atoms with E-state index in [1.54, 1.807) is 0 Å². The minimum absolute atomic E-state index is 0.255. The fourth-order valence-corrected chi connectivity index (χ4v) is 4.72. The lowest BCUT2D eigenvalue weighted by atomic mass is 9.85. The first-order valence-corrected chi connectivity index (χ1v) is 10.0. The Morgan fingerprint density at radius 1 is 1.11 bits per heavy atom. The average Bonchev–Trinajstić information content (AvgIpc) is 3.42. The van der Waals surface area contributed by atoms with Crippen LogP contribution in [0, 0.1) is 12.3 Å². The summed E-state index contributed by atoms with van der Waals surface area (Å²) in [4.78, 5) is 30.0. The van der Waals surface area contributed by atoms with E-state index in [0.29, 0.717) is 5.91 Å². The third kappa shape index (κ3) is 2.84. The van der Waals surface area contributed by atoms with E-state index < -0.39 is 0 Å². The van der Waals surface area contributed by atoms with E-state index in [-0.39, 0.29) is 5.41 Å². The number of aromatic nitrogens is 3. The van der Waals surface area contributed by atoms with Crippen molar-refractivity contribution in [3.05, 3.63) is 54.0 Å². The fourth-order valence-electron chi connectivity index (χ4n) is 4.72. The smallest absolute Gasteiger partial charge is 0.230 e. The molecule has 2 saturated heterocycles. The molecule has 4 heterocycles. The number of benzene rings is 1. The number of aromatic amines is 1. The number of aryl methyl sites for hydroxylation is 1. The number of fused-ring (bicyclic) bond motifs is 1. The normalized spacial score (nSPS) is 22.1. The van der Waals surface area contributed by atoms with Crippen LogP contribution in [0.1, 0.15) is 24.2 Å². The molecule has 144 valence electrons. The lowest BCUT2D eigenvalue weighted by Crippen LogP contribution is -2.38. The summed E-state index contributed by atoms with van der Waals surface area (Å²) in [7, 11) is 0. The van der Waals surface area contributed by atoms with E-state index in [0.717, 1.165) is 68.1 Å². The molecule has 1 N–H and O–H groups in total. The number of hydrogen-bond acceptors (Lipinski definition) is 4. The highest BCUT2D eigenvalue weighted by atomic mass is 16.2. The van der Waals surface area contributed by atoms with E-state index in [1.165, 1.54) is 5.56 Å². The van der Waals surface area contributed by atoms with Crippen LogP contribution in [-0.2, 0) is 11.2 Å². The Labute approximate surface area is 164 Å². The van der Waals surface area contributed by atoms with Gasteiger partial charge in [-0.2, -0.15) is 0 Å². The molecule has 1 spiro atoms. The third-order valence-electron chi connectivity index (χ3n) is 6.27. The molecule has 2 fully saturated rings. The highest BCUT2D eigenvalue weighted by Crippen LogP contribution is 2.42. The molecular formula is C22H25N5O. The lowest BCUT2D eigenvalue weighted by Gasteiger charge is -2.24. The number of nitrogens with one attached hydrogen (secondary N) is 1. The monoisotopic (exact) mass is 375 g/mol. The second-order valence-electron chi connectivity index (χ2n) is 8.06. The molecule has 2 aliphatic heterocycles. The molecule has 6 nitrogen and oxygen atoms in total. The molecule has 0 saturated carbocycles. The number of hydrogen-bond donors (Lipinski definition) is 1. The first-order chi connectivity index (χ1) is 13.6. The quantitative estimate of drug-likeness (QED) is 0.761. The SMILES string of the molecule is Cc1nc(N2CCC3(CCN(CCc4ccccc4)C3=O)C2)c2[nH]ccc2n1. The zero-order chi connectivity index (χ0) is 19.1. The van der Waals surface area contributed by atoms with Crippen molar-refractivity contribution in [2.45, 2.75) is 26.2 Å². The van der Waals surface area contributed by atoms with Crippen molar-refractivity contribution in [2.75, 3.05) is 31.1 Å². The van der Waals surface area contributed by atoms with Crippen molar-refractivity contribution in [3.8, 4) is 0 Å². The number of carbonyl (C=O) groups is 1. The van der Waals surface area contributed by atoms with Crippen molar-refractivity contribution >= 4 is 22.8 Å². The Kier molecular flexibility index (Phi) is 4.07. The van der Waals surface area contributed by atoms with Crippen molar-refractivity contribution in [1.82, 2.24) is 19.9 Å². The summed E-state index contributed by atoms with van der Waals surface area (Å²) in [5.41, 5.74) is 2.93. The van der Waals surface area contributed by atoms with Crippen LogP contribution in [0.3, 0.4) is 0 Å². The minimum Gasteiger partial charge on any atom is -0.357 e. The van der Waals surface area contributed by atoms with Gasteiger partial charge in [0.25, 0.3) is 0 Å². The Morgan fingerprint density at radius 3 is 2.79 bits per heavy atom. The average molecular weight is 375 g/mol. The number of H-pyrrole nitrogens is 1. The maximum atomic E-state index is 13.3. The topological polar surface area (TPSA) is 65.1 Å². The summed E-state index contributed by atoms with van der Waals surface area (Å²) in [6.07, 6.45) is 4.66. The molecular weight excluding hydrogens is 350 g/mol. The van der Waals surface area contributed by atoms with Crippen LogP contribution in [0.15, 0.2) is 42.6 Å². The van der Waals surface area contributed by atoms with Gasteiger partial charge < -0.3 is 14.8 Å². The highest BCUT2D eigenvalue weighted by Gasteiger charge is 2.51. The first-order valence-electron chi connectivity index (χ1n) is 10.0. The molecule has 1 unspecified atom stereocenters. The van der Waals surface area contributed by atoms with E-state index in [2.05, 4.69) is 49.0 Å². The number of amides is 1. The van der Waals surface area contributed by atoms with Crippen LogP contribution in [0.25, 0.3) is 11.0 Å². The van der Waals surface area contributed by atoms with Gasteiger partial charge in [0.2, 0.25) is 5.91 Å². The van der Waals surface area contributed by atoms with Crippen molar-refractivity contribution in [1.29, 1.82) is 0 Å². The summed E-state index contributed by atoms with van der Waals surface area (Å²) in [5, 5.41) is 0. The number of anilines is 1. The van der Waals surface area contributed by atoms with E-state index in [9.17, 15) is 4.79 Å². The molecule has 3 aromatic rings. The highest BCUT2D eigenvalue weighted by molar-refractivity contribution is 5.89. The lowest BCUT2D eigenvalue weighted by molar-refractivity contribution is -0.135. The molecule has 2 aliphatic rings. The van der Waals surface area contributed by atoms with Crippen LogP contribution in [0.5, 0.6) is 0 Å². The summed E-state index contributed by atoms with van der Waals surface area (Å²) in [5.74, 6) is 2.02. The molecule has 1 atom stereocenters. The van der Waals surface area contributed by atoms with E-state index in [1.807, 2.05) is 25.3 Å². The summed E-state index contributed by atoms with van der Waals surface area (Å²) in [6, 6.07) is 12.4. The summed E-state index contributed by atoms with van der Waals surface area (Å²) in [6.45, 7) is 5.20. The van der Waals surface area contributed by atoms with Crippen molar-refractivity contribution in [3.63, 3.8) is 0 Å². The molecule has 2 aromatic heterocycles. The van der Waals surface area contributed by atoms with Gasteiger partial charge in [-0.1, -0.05) is 30.3 Å². The van der Waals surface area contributed by atoms with E-state index >= 15 is 0 Å². The molecule has 28 heavy (non-hydrogen) atoms. The van der Waals surface area contributed by atoms with Crippen LogP contribution >= 0.6 is 0 Å². The number of rotatable bonds is 4. The molecule has 5 rings (SSSR count). The molecule has 0 aliphatic carbocycles. The summed E-state index contributed by atoms with van der Waals surface area (Å²) < 4.78 is 0. The zero-order valence-electron chi connectivity index (χ0n) is 16.2. The predicted molar refractivity (Wildman–Crippen MR) is 109 cm³/mol. The van der Waals surface area contributed by atoms with Gasteiger partial charge in [-0.3, -0.25) is 4.79 Å². The standard InChI is InChI=1S/C22H25N5O/c1-16-24-18-7-11-23-19(18)20(25-16)27-14-10-22(15-27)9-13-26(21(22)28)12-8-17-5-3-2-4-6-17/h2-7,11,23H,8-10,12-15H2,1H3. The molecule has 0 radical (unpaired) electrons. The van der Waals surface area contributed by atoms with Crippen molar-refractivity contribution < 1.29 is 4.79 Å². The van der Waals surface area contributed by atoms with Crippen LogP contribution < -0.4 is 4.90 Å². The fraction of sp³-hybridized carbons (Fsp3) is 0.409. The molecule has 6 heteroatoms. The minimum atomic E-state index is -0.255. The van der Waals surface area contributed by atoms with Gasteiger partial charge in [0.1, 0.15) is 11.3 Å².